The molecule has 0 amide bonds. The Morgan fingerprint density at radius 3 is 1.67 bits per heavy atom. The van der Waals surface area contributed by atoms with Crippen molar-refractivity contribution in [3.63, 3.8) is 0 Å². The predicted octanol–water partition coefficient (Wildman–Crippen LogP) is 0.367. The van der Waals surface area contributed by atoms with Crippen LogP contribution in [-0.2, 0) is 14.4 Å². The van der Waals surface area contributed by atoms with Crippen molar-refractivity contribution in [2.45, 2.75) is 24.3 Å². The Balaban J connectivity index is 4.62. The average molecular weight is 236 g/mol. The van der Waals surface area contributed by atoms with Gasteiger partial charge in [-0.1, -0.05) is 6.92 Å². The van der Waals surface area contributed by atoms with Gasteiger partial charge in [0, 0.05) is 0 Å². The molecule has 0 rings (SSSR count). The molecule has 3 unspecified atom stereocenters. The number of hydrogen-bond donors (Lipinski definition) is 3. The first-order valence-electron chi connectivity index (χ1n) is 4.11. The Kier molecular flexibility index (Phi) is 5.13. The summed E-state index contributed by atoms with van der Waals surface area (Å²) in [6.45, 7) is 2.56. The molecule has 0 bridgehead atoms. The topological polar surface area (TPSA) is 112 Å². The summed E-state index contributed by atoms with van der Waals surface area (Å²) in [5, 5.41) is 23.7. The Hall–Kier alpha value is -1.24. The highest BCUT2D eigenvalue weighted by molar-refractivity contribution is 8.01. The van der Waals surface area contributed by atoms with Gasteiger partial charge in [-0.3, -0.25) is 14.4 Å². The summed E-state index contributed by atoms with van der Waals surface area (Å²) >= 11 is 0.617. The molecule has 0 spiro atoms. The minimum atomic E-state index is -1.32. The van der Waals surface area contributed by atoms with E-state index >= 15 is 0 Å². The zero-order chi connectivity index (χ0) is 12.2. The van der Waals surface area contributed by atoms with E-state index in [1.165, 1.54) is 13.8 Å². The van der Waals surface area contributed by atoms with Gasteiger partial charge in [-0.05, 0) is 6.92 Å². The average Bonchev–Trinajstić information content (AvgIpc) is 2.11. The molecule has 0 aliphatic rings. The largest absolute Gasteiger partial charge is 0.481 e. The second kappa shape index (κ2) is 5.59. The third kappa shape index (κ3) is 4.20. The van der Waals surface area contributed by atoms with E-state index in [0.717, 1.165) is 0 Å². The number of carboxylic acid groups (broad SMARTS) is 3. The smallest absolute Gasteiger partial charge is 0.317 e. The van der Waals surface area contributed by atoms with Crippen molar-refractivity contribution in [1.29, 1.82) is 0 Å². The second-order valence-corrected chi connectivity index (χ2v) is 4.49. The van der Waals surface area contributed by atoms with Crippen LogP contribution in [-0.4, -0.2) is 43.7 Å². The Bertz CT molecular complexity index is 276. The number of rotatable bonds is 6. The van der Waals surface area contributed by atoms with Crippen molar-refractivity contribution in [3.05, 3.63) is 0 Å². The van der Waals surface area contributed by atoms with Gasteiger partial charge >= 0.3 is 17.9 Å². The van der Waals surface area contributed by atoms with Gasteiger partial charge in [0.1, 0.15) is 10.5 Å². The second-order valence-electron chi connectivity index (χ2n) is 3.00. The highest BCUT2D eigenvalue weighted by atomic mass is 32.2. The zero-order valence-electron chi connectivity index (χ0n) is 8.21. The highest BCUT2D eigenvalue weighted by Crippen LogP contribution is 2.25. The van der Waals surface area contributed by atoms with E-state index in [9.17, 15) is 14.4 Å². The number of aliphatic carboxylic acids is 3. The SMILES string of the molecule is CC(SC(C(=O)O)C(C)C(=O)O)C(=O)O. The van der Waals surface area contributed by atoms with E-state index < -0.39 is 34.3 Å². The number of thioether (sulfide) groups is 1. The molecule has 7 heteroatoms. The molecule has 0 radical (unpaired) electrons. The van der Waals surface area contributed by atoms with Crippen LogP contribution in [0.5, 0.6) is 0 Å². The first kappa shape index (κ1) is 13.8. The number of carbonyl (C=O) groups is 3. The quantitative estimate of drug-likeness (QED) is 0.610. The van der Waals surface area contributed by atoms with Crippen LogP contribution in [0.3, 0.4) is 0 Å². The van der Waals surface area contributed by atoms with E-state index in [-0.39, 0.29) is 0 Å². The fraction of sp³-hybridized carbons (Fsp3) is 0.625. The van der Waals surface area contributed by atoms with Crippen molar-refractivity contribution in [2.75, 3.05) is 0 Å². The predicted molar refractivity (Wildman–Crippen MR) is 52.9 cm³/mol. The van der Waals surface area contributed by atoms with Crippen LogP contribution in [0.2, 0.25) is 0 Å². The van der Waals surface area contributed by atoms with Crippen molar-refractivity contribution in [2.24, 2.45) is 5.92 Å². The minimum Gasteiger partial charge on any atom is -0.481 e. The molecule has 0 aliphatic carbocycles. The normalized spacial score (nSPS) is 16.4. The van der Waals surface area contributed by atoms with E-state index in [0.29, 0.717) is 11.8 Å². The number of hydrogen-bond acceptors (Lipinski definition) is 4. The Labute approximate surface area is 90.3 Å². The molecule has 0 aliphatic heterocycles. The molecule has 0 aromatic carbocycles. The molecular weight excluding hydrogens is 224 g/mol. The monoisotopic (exact) mass is 236 g/mol. The van der Waals surface area contributed by atoms with Crippen LogP contribution < -0.4 is 0 Å². The molecule has 3 atom stereocenters. The summed E-state index contributed by atoms with van der Waals surface area (Å²) in [6, 6.07) is 0. The maximum Gasteiger partial charge on any atom is 0.317 e. The fourth-order valence-corrected chi connectivity index (χ4v) is 1.82. The third-order valence-electron chi connectivity index (χ3n) is 1.79. The van der Waals surface area contributed by atoms with Gasteiger partial charge in [0.25, 0.3) is 0 Å². The van der Waals surface area contributed by atoms with Crippen molar-refractivity contribution in [3.8, 4) is 0 Å². The van der Waals surface area contributed by atoms with Crippen LogP contribution in [0.25, 0.3) is 0 Å². The van der Waals surface area contributed by atoms with Gasteiger partial charge in [0.05, 0.1) is 5.92 Å². The molecule has 0 fully saturated rings. The molecule has 0 aromatic rings. The maximum absolute atomic E-state index is 10.7. The van der Waals surface area contributed by atoms with Crippen molar-refractivity contribution < 1.29 is 29.7 Å². The summed E-state index contributed by atoms with van der Waals surface area (Å²) in [4.78, 5) is 31.8. The molecule has 6 nitrogen and oxygen atoms in total. The lowest BCUT2D eigenvalue weighted by atomic mass is 10.1. The summed E-state index contributed by atoms with van der Waals surface area (Å²) in [5.74, 6) is -4.87. The van der Waals surface area contributed by atoms with E-state index in [1.807, 2.05) is 0 Å². The third-order valence-corrected chi connectivity index (χ3v) is 3.30. The molecule has 0 saturated heterocycles. The van der Waals surface area contributed by atoms with Crippen molar-refractivity contribution in [1.82, 2.24) is 0 Å². The molecule has 86 valence electrons. The van der Waals surface area contributed by atoms with Gasteiger partial charge in [-0.2, -0.15) is 0 Å². The lowest BCUT2D eigenvalue weighted by Gasteiger charge is -2.17. The molecule has 15 heavy (non-hydrogen) atoms. The first-order chi connectivity index (χ1) is 6.77. The van der Waals surface area contributed by atoms with Crippen LogP contribution in [0.15, 0.2) is 0 Å². The number of carboxylic acids is 3. The fourth-order valence-electron chi connectivity index (χ4n) is 0.798. The molecule has 3 N–H and O–H groups in total. The molecule has 0 aromatic heterocycles. The highest BCUT2D eigenvalue weighted by Gasteiger charge is 2.33. The van der Waals surface area contributed by atoms with Crippen LogP contribution >= 0.6 is 11.8 Å². The summed E-state index contributed by atoms with van der Waals surface area (Å²) in [7, 11) is 0. The summed E-state index contributed by atoms with van der Waals surface area (Å²) in [5.41, 5.74) is 0. The zero-order valence-corrected chi connectivity index (χ0v) is 9.02. The maximum atomic E-state index is 10.7. The molecule has 0 saturated carbocycles. The lowest BCUT2D eigenvalue weighted by Crippen LogP contribution is -2.33. The lowest BCUT2D eigenvalue weighted by molar-refractivity contribution is -0.147. The van der Waals surface area contributed by atoms with Crippen molar-refractivity contribution >= 4 is 29.7 Å². The van der Waals surface area contributed by atoms with Gasteiger partial charge in [-0.25, -0.2) is 0 Å². The van der Waals surface area contributed by atoms with Crippen LogP contribution in [0, 0.1) is 5.92 Å². The first-order valence-corrected chi connectivity index (χ1v) is 5.05. The molecule has 0 heterocycles. The van der Waals surface area contributed by atoms with Gasteiger partial charge in [0.15, 0.2) is 0 Å². The van der Waals surface area contributed by atoms with Gasteiger partial charge < -0.3 is 15.3 Å². The van der Waals surface area contributed by atoms with Gasteiger partial charge in [-0.15, -0.1) is 11.8 Å². The van der Waals surface area contributed by atoms with Gasteiger partial charge in [0.2, 0.25) is 0 Å². The van der Waals surface area contributed by atoms with Crippen LogP contribution in [0.4, 0.5) is 0 Å². The molecular formula is C8H12O6S. The van der Waals surface area contributed by atoms with E-state index in [1.54, 1.807) is 0 Å². The standard InChI is InChI=1S/C8H12O6S/c1-3(6(9)10)5(8(13)14)15-4(2)7(11)12/h3-5H,1-2H3,(H,9,10)(H,11,12)(H,13,14). The Morgan fingerprint density at radius 1 is 0.933 bits per heavy atom. The van der Waals surface area contributed by atoms with E-state index in [4.69, 9.17) is 15.3 Å². The summed E-state index contributed by atoms with van der Waals surface area (Å²) < 4.78 is 0. The minimum absolute atomic E-state index is 0.617. The summed E-state index contributed by atoms with van der Waals surface area (Å²) in [6.07, 6.45) is 0. The Morgan fingerprint density at radius 2 is 1.40 bits per heavy atom. The van der Waals surface area contributed by atoms with Crippen LogP contribution in [0.1, 0.15) is 13.8 Å². The van der Waals surface area contributed by atoms with E-state index in [2.05, 4.69) is 0 Å².